The van der Waals surface area contributed by atoms with E-state index >= 15 is 0 Å². The quantitative estimate of drug-likeness (QED) is 0.169. The van der Waals surface area contributed by atoms with E-state index in [1.807, 2.05) is 0 Å². The zero-order valence-electron chi connectivity index (χ0n) is 82.2. The maximum atomic E-state index is 4.52. The van der Waals surface area contributed by atoms with Crippen LogP contribution in [0.5, 0.6) is 0 Å². The van der Waals surface area contributed by atoms with Crippen molar-refractivity contribution < 1.29 is 0 Å². The maximum Gasteiger partial charge on any atom is 0.252 e. The lowest BCUT2D eigenvalue weighted by Crippen LogP contribution is -2.66. The largest absolute Gasteiger partial charge is 0.356 e. The molecule has 0 fully saturated rings. The average molecular weight is 1790 g/mol. The van der Waals surface area contributed by atoms with E-state index in [1.165, 1.54) is 304 Å². The number of nitrogens with one attached hydrogen (secondary N) is 1. The molecule has 9 nitrogen and oxygen atoms in total. The Morgan fingerprint density at radius 2 is 0.417 bits per heavy atom. The zero-order valence-corrected chi connectivity index (χ0v) is 82.2. The molecule has 12 heteroatoms. The Morgan fingerprint density at radius 3 is 0.748 bits per heavy atom. The fraction of sp³-hybridized carbons (Fsp3) is 0.150. The summed E-state index contributed by atoms with van der Waals surface area (Å²) in [7, 11) is 0. The van der Waals surface area contributed by atoms with E-state index in [2.05, 4.69) is 441 Å². The van der Waals surface area contributed by atoms with Crippen LogP contribution in [0.15, 0.2) is 267 Å². The van der Waals surface area contributed by atoms with Crippen LogP contribution in [-0.4, -0.2) is 43.0 Å². The van der Waals surface area contributed by atoms with E-state index in [0.717, 1.165) is 51.2 Å². The molecule has 11 heterocycles. The van der Waals surface area contributed by atoms with Crippen LogP contribution in [0.1, 0.15) is 106 Å². The second-order valence-electron chi connectivity index (χ2n) is 42.7. The van der Waals surface area contributed by atoms with E-state index in [0.29, 0.717) is 0 Å². The fourth-order valence-electron chi connectivity index (χ4n) is 27.7. The molecule has 18 aromatic carbocycles. The lowest BCUT2D eigenvalue weighted by molar-refractivity contribution is 1.12. The van der Waals surface area contributed by atoms with Crippen LogP contribution in [0, 0.1) is 132 Å². The monoisotopic (exact) mass is 1790 g/mol. The second kappa shape index (κ2) is 27.9. The van der Waals surface area contributed by atoms with E-state index in [9.17, 15) is 0 Å². The van der Waals surface area contributed by atoms with Gasteiger partial charge in [0.1, 0.15) is 0 Å². The third-order valence-corrected chi connectivity index (χ3v) is 32.6. The molecule has 6 aliphatic heterocycles. The first kappa shape index (κ1) is 80.6. The van der Waals surface area contributed by atoms with Gasteiger partial charge in [0.25, 0.3) is 20.1 Å². The number of aryl methyl sites for hydroxylation is 19. The molecular weight excluding hydrogens is 1680 g/mol. The summed E-state index contributed by atoms with van der Waals surface area (Å²) >= 11 is 0. The number of hydrogen-bond acceptors (Lipinski definition) is 4. The average Bonchev–Trinajstić information content (AvgIpc) is 1.37. The fourth-order valence-corrected chi connectivity index (χ4v) is 27.7. The van der Waals surface area contributed by atoms with Gasteiger partial charge in [0.2, 0.25) is 0 Å². The van der Waals surface area contributed by atoms with E-state index in [-0.39, 0.29) is 20.1 Å². The molecule has 5 aromatic heterocycles. The summed E-state index contributed by atoms with van der Waals surface area (Å²) in [5, 5.41) is 17.1. The zero-order chi connectivity index (χ0) is 94.1. The van der Waals surface area contributed by atoms with Gasteiger partial charge in [0.05, 0.1) is 78.3 Å². The molecule has 139 heavy (non-hydrogen) atoms. The number of nitrogens with zero attached hydrogens (tertiary/aromatic N) is 8. The van der Waals surface area contributed by atoms with Crippen LogP contribution in [-0.2, 0) is 0 Å². The molecule has 0 unspecified atom stereocenters. The summed E-state index contributed by atoms with van der Waals surface area (Å²) in [6, 6.07) is 108. The molecule has 0 bridgehead atoms. The third-order valence-electron chi connectivity index (χ3n) is 32.6. The Bertz CT molecular complexity index is 9550. The highest BCUT2D eigenvalue weighted by atomic mass is 15.2. The number of benzene rings is 18. The molecular formula is C127H102B3N9. The first-order chi connectivity index (χ1) is 67.2. The topological polar surface area (TPSA) is 46.4 Å². The summed E-state index contributed by atoms with van der Waals surface area (Å²) in [6.45, 7) is 42.9. The van der Waals surface area contributed by atoms with Crippen LogP contribution >= 0.6 is 0 Å². The van der Waals surface area contributed by atoms with Gasteiger partial charge in [-0.1, -0.05) is 182 Å². The Labute approximate surface area is 810 Å². The predicted molar refractivity (Wildman–Crippen MR) is 596 cm³/mol. The molecule has 0 aliphatic carbocycles. The molecule has 0 atom stereocenters. The summed E-state index contributed by atoms with van der Waals surface area (Å²) in [4.78, 5) is 8.33. The third kappa shape index (κ3) is 10.8. The standard InChI is InChI=1S/C127H102B3N9/c1-64-20-28-104-86(42-64)87-43-65(2)21-29-105(87)132(104)83-54-103-120-115(55-83)135-110-34-26-70(7)48-92(110)94-50-75(12)52-100(126(94)135)128(120)96-60-97-112(62-102(96)131-103)137(123-77(14)36-72(9)37-78(123)15)117-57-85(134-108-32-24-68(5)46-90(108)91-47-69(6)25-33-109(91)134)58-118-121(117)129(97)98-61-99-114(63-113(98)138(118)124-79(16)38-73(10)39-80(124)17)139(125-81(18)40-74(11)41-82(125)19)119-59-84(133-106-30-22-66(3)44-88(106)89-45-67(4)23-31-107(89)133)56-116-122(119)130(99)101-53-76(13)51-95-93-49-71(8)27-35-111(93)136(116)127(95)101/h20-63,131H,1-19H3. The highest BCUT2D eigenvalue weighted by Crippen LogP contribution is 2.55. The SMILES string of the molecule is Cc1cc(C)c(N2c3cc4c(cc3B3c5cc6c(cc5N(c5c(C)cc(C)cc5C)c5cc(-n7c8ccc(C)cc8c8cc(C)ccc87)cc2c53)N(c2c(C)cc(C)cc2C)c2cc(-n3c5ccc(C)cc5c5cc(C)ccc53)cc3c2B6c2cc(C)cc5c6cc(C)ccc6n-3c25)B2c3c(cc(-n5c6ccc(C)cc6c6cc(C)ccc65)cc3-n3c5ccc(C)cc5c5cc(C)cc2c53)N4)c(C)c1. The highest BCUT2D eigenvalue weighted by molar-refractivity contribution is 7.05. The lowest BCUT2D eigenvalue weighted by atomic mass is 9.29. The van der Waals surface area contributed by atoms with Crippen LogP contribution in [0.2, 0.25) is 0 Å². The van der Waals surface area contributed by atoms with Crippen molar-refractivity contribution in [3.05, 3.63) is 373 Å². The molecule has 0 spiro atoms. The molecule has 0 amide bonds. The number of hydrogen-bond donors (Lipinski definition) is 1. The van der Waals surface area contributed by atoms with Gasteiger partial charge >= 0.3 is 0 Å². The van der Waals surface area contributed by atoms with Crippen molar-refractivity contribution in [3.63, 3.8) is 0 Å². The lowest BCUT2D eigenvalue weighted by Gasteiger charge is -2.48. The van der Waals surface area contributed by atoms with Crippen molar-refractivity contribution in [3.8, 4) is 28.4 Å². The minimum absolute atomic E-state index is 0.209. The predicted octanol–water partition coefficient (Wildman–Crippen LogP) is 26.6. The Hall–Kier alpha value is -15.6. The Balaban J connectivity index is 0.788. The van der Waals surface area contributed by atoms with Gasteiger partial charge in [-0.3, -0.25) is 0 Å². The van der Waals surface area contributed by atoms with E-state index in [4.69, 9.17) is 0 Å². The number of anilines is 11. The first-order valence-corrected chi connectivity index (χ1v) is 49.7. The molecule has 6 aliphatic rings. The van der Waals surface area contributed by atoms with Gasteiger partial charge in [-0.05, 0) is 372 Å². The van der Waals surface area contributed by atoms with Gasteiger partial charge in [-0.2, -0.15) is 0 Å². The Kier molecular flexibility index (Phi) is 16.2. The van der Waals surface area contributed by atoms with Crippen molar-refractivity contribution >= 4 is 241 Å². The van der Waals surface area contributed by atoms with Crippen molar-refractivity contribution in [2.24, 2.45) is 0 Å². The molecule has 0 saturated heterocycles. The second-order valence-corrected chi connectivity index (χ2v) is 42.7. The minimum Gasteiger partial charge on any atom is -0.356 e. The van der Waals surface area contributed by atoms with Gasteiger partial charge < -0.3 is 42.9 Å². The summed E-state index contributed by atoms with van der Waals surface area (Å²) in [5.74, 6) is 0. The molecule has 29 rings (SSSR count). The number of aromatic nitrogens is 5. The van der Waals surface area contributed by atoms with Gasteiger partial charge in [0.15, 0.2) is 0 Å². The van der Waals surface area contributed by atoms with Crippen LogP contribution in [0.3, 0.4) is 0 Å². The van der Waals surface area contributed by atoms with Crippen molar-refractivity contribution in [1.29, 1.82) is 0 Å². The summed E-state index contributed by atoms with van der Waals surface area (Å²) in [5.41, 5.74) is 65.5. The smallest absolute Gasteiger partial charge is 0.252 e. The van der Waals surface area contributed by atoms with Gasteiger partial charge in [-0.15, -0.1) is 0 Å². The molecule has 0 radical (unpaired) electrons. The molecule has 23 aromatic rings. The van der Waals surface area contributed by atoms with Crippen LogP contribution in [0.25, 0.3) is 137 Å². The highest BCUT2D eigenvalue weighted by Gasteiger charge is 2.52. The summed E-state index contributed by atoms with van der Waals surface area (Å²) in [6.07, 6.45) is 0. The van der Waals surface area contributed by atoms with Gasteiger partial charge in [0, 0.05) is 122 Å². The maximum absolute atomic E-state index is 4.52. The van der Waals surface area contributed by atoms with E-state index in [1.54, 1.807) is 0 Å². The van der Waals surface area contributed by atoms with E-state index < -0.39 is 0 Å². The van der Waals surface area contributed by atoms with Gasteiger partial charge in [-0.25, -0.2) is 0 Å². The molecule has 664 valence electrons. The van der Waals surface area contributed by atoms with Crippen molar-refractivity contribution in [2.75, 3.05) is 20.0 Å². The van der Waals surface area contributed by atoms with Crippen LogP contribution in [0.4, 0.5) is 62.6 Å². The number of rotatable bonds is 6. The number of fused-ring (bicyclic) bond motifs is 27. The molecule has 0 saturated carbocycles. The van der Waals surface area contributed by atoms with Crippen molar-refractivity contribution in [1.82, 2.24) is 22.8 Å². The Morgan fingerprint density at radius 1 is 0.173 bits per heavy atom. The minimum atomic E-state index is -0.369. The normalized spacial score (nSPS) is 13.5. The van der Waals surface area contributed by atoms with Crippen LogP contribution < -0.4 is 69.2 Å². The van der Waals surface area contributed by atoms with Crippen molar-refractivity contribution in [2.45, 2.75) is 132 Å². The molecule has 1 N–H and O–H groups in total. The first-order valence-electron chi connectivity index (χ1n) is 49.7. The summed E-state index contributed by atoms with van der Waals surface area (Å²) < 4.78 is 13.1.